The molecular weight excluding hydrogens is 206 g/mol. The summed E-state index contributed by atoms with van der Waals surface area (Å²) in [7, 11) is 0. The molecule has 0 saturated carbocycles. The van der Waals surface area contributed by atoms with E-state index in [0.717, 1.165) is 24.5 Å². The molecule has 0 aliphatic carbocycles. The monoisotopic (exact) mass is 225 g/mol. The summed E-state index contributed by atoms with van der Waals surface area (Å²) in [4.78, 5) is 15.2. The van der Waals surface area contributed by atoms with Crippen LogP contribution in [0.15, 0.2) is 0 Å². The van der Waals surface area contributed by atoms with Gasteiger partial charge in [-0.2, -0.15) is 5.10 Å². The zero-order valence-corrected chi connectivity index (χ0v) is 9.81. The number of nitrogens with two attached hydrogens (primary N) is 2. The lowest BCUT2D eigenvalue weighted by atomic mass is 10.2. The molecule has 6 heteroatoms. The minimum atomic E-state index is -0.612. The van der Waals surface area contributed by atoms with Gasteiger partial charge in [0.1, 0.15) is 5.82 Å². The van der Waals surface area contributed by atoms with E-state index in [2.05, 4.69) is 10.1 Å². The zero-order valence-electron chi connectivity index (χ0n) is 9.81. The molecule has 0 radical (unpaired) electrons. The minimum absolute atomic E-state index is 0.478. The van der Waals surface area contributed by atoms with Crippen molar-refractivity contribution in [2.24, 2.45) is 11.5 Å². The Morgan fingerprint density at radius 2 is 2.12 bits per heavy atom. The topological polar surface area (TPSA) is 99.8 Å². The Morgan fingerprint density at radius 1 is 1.44 bits per heavy atom. The first kappa shape index (κ1) is 12.6. The highest BCUT2D eigenvalue weighted by atomic mass is 16.1. The van der Waals surface area contributed by atoms with Gasteiger partial charge < -0.3 is 11.5 Å². The van der Waals surface area contributed by atoms with Crippen LogP contribution in [0.3, 0.4) is 0 Å². The fourth-order valence-electron chi connectivity index (χ4n) is 1.42. The molecule has 0 aliphatic rings. The Labute approximate surface area is 95.0 Å². The third-order valence-corrected chi connectivity index (χ3v) is 2.44. The molecule has 0 spiro atoms. The molecule has 1 unspecified atom stereocenters. The van der Waals surface area contributed by atoms with Crippen LogP contribution >= 0.6 is 0 Å². The maximum absolute atomic E-state index is 10.8. The molecule has 1 rings (SSSR count). The van der Waals surface area contributed by atoms with E-state index in [1.807, 2.05) is 18.5 Å². The second kappa shape index (κ2) is 5.60. The van der Waals surface area contributed by atoms with E-state index in [9.17, 15) is 4.79 Å². The highest BCUT2D eigenvalue weighted by Crippen LogP contribution is 2.03. The van der Waals surface area contributed by atoms with E-state index < -0.39 is 11.9 Å². The lowest BCUT2D eigenvalue weighted by Gasteiger charge is -2.08. The third-order valence-electron chi connectivity index (χ3n) is 2.44. The average Bonchev–Trinajstić information content (AvgIpc) is 2.68. The van der Waals surface area contributed by atoms with Gasteiger partial charge in [0, 0.05) is 19.4 Å². The molecular formula is C10H19N5O. The van der Waals surface area contributed by atoms with Gasteiger partial charge in [-0.15, -0.1) is 0 Å². The molecule has 6 nitrogen and oxygen atoms in total. The molecule has 0 saturated heterocycles. The fourth-order valence-corrected chi connectivity index (χ4v) is 1.42. The van der Waals surface area contributed by atoms with Crippen LogP contribution < -0.4 is 11.5 Å². The molecule has 4 N–H and O–H groups in total. The van der Waals surface area contributed by atoms with Gasteiger partial charge in [-0.05, 0) is 6.42 Å². The fraction of sp³-hybridized carbons (Fsp3) is 0.700. The summed E-state index contributed by atoms with van der Waals surface area (Å²) < 4.78 is 1.81. The lowest BCUT2D eigenvalue weighted by Crippen LogP contribution is -2.37. The van der Waals surface area contributed by atoms with E-state index in [1.165, 1.54) is 0 Å². The van der Waals surface area contributed by atoms with Crippen LogP contribution in [0.2, 0.25) is 0 Å². The van der Waals surface area contributed by atoms with Crippen LogP contribution in [0.5, 0.6) is 0 Å². The lowest BCUT2D eigenvalue weighted by molar-refractivity contribution is -0.119. The number of nitrogens with zero attached hydrogens (tertiary/aromatic N) is 3. The summed E-state index contributed by atoms with van der Waals surface area (Å²) >= 11 is 0. The Hall–Kier alpha value is -1.43. The van der Waals surface area contributed by atoms with Gasteiger partial charge in [0.15, 0.2) is 5.82 Å². The van der Waals surface area contributed by atoms with Crippen LogP contribution in [0, 0.1) is 0 Å². The van der Waals surface area contributed by atoms with Gasteiger partial charge in [0.2, 0.25) is 5.91 Å². The normalized spacial score (nSPS) is 12.7. The van der Waals surface area contributed by atoms with Gasteiger partial charge in [-0.1, -0.05) is 13.8 Å². The smallest absolute Gasteiger partial charge is 0.234 e. The minimum Gasteiger partial charge on any atom is -0.368 e. The van der Waals surface area contributed by atoms with E-state index in [0.29, 0.717) is 13.0 Å². The van der Waals surface area contributed by atoms with E-state index in [-0.39, 0.29) is 0 Å². The molecule has 1 heterocycles. The van der Waals surface area contributed by atoms with Crippen LogP contribution in [-0.2, 0) is 24.2 Å². The SMILES string of the molecule is CCc1nc(CC)n(CCC(N)C(N)=O)n1. The van der Waals surface area contributed by atoms with Gasteiger partial charge in [0.05, 0.1) is 6.04 Å². The zero-order chi connectivity index (χ0) is 12.1. The van der Waals surface area contributed by atoms with Crippen molar-refractivity contribution in [3.8, 4) is 0 Å². The number of primary amides is 1. The quantitative estimate of drug-likeness (QED) is 0.688. The molecule has 16 heavy (non-hydrogen) atoms. The Balaban J connectivity index is 2.65. The van der Waals surface area contributed by atoms with Crippen LogP contribution in [0.4, 0.5) is 0 Å². The first-order chi connectivity index (χ1) is 7.58. The van der Waals surface area contributed by atoms with Crippen molar-refractivity contribution >= 4 is 5.91 Å². The second-order valence-corrected chi connectivity index (χ2v) is 3.67. The second-order valence-electron chi connectivity index (χ2n) is 3.67. The number of aromatic nitrogens is 3. The average molecular weight is 225 g/mol. The van der Waals surface area contributed by atoms with Crippen molar-refractivity contribution < 1.29 is 4.79 Å². The molecule has 1 amide bonds. The van der Waals surface area contributed by atoms with Crippen LogP contribution in [-0.4, -0.2) is 26.7 Å². The first-order valence-electron chi connectivity index (χ1n) is 5.56. The van der Waals surface area contributed by atoms with Gasteiger partial charge >= 0.3 is 0 Å². The number of rotatable bonds is 6. The van der Waals surface area contributed by atoms with Crippen molar-refractivity contribution in [1.82, 2.24) is 14.8 Å². The highest BCUT2D eigenvalue weighted by molar-refractivity contribution is 5.79. The van der Waals surface area contributed by atoms with Crippen molar-refractivity contribution in [3.63, 3.8) is 0 Å². The molecule has 1 aromatic rings. The summed E-state index contributed by atoms with van der Waals surface area (Å²) in [6.45, 7) is 4.61. The number of hydrogen-bond donors (Lipinski definition) is 2. The van der Waals surface area contributed by atoms with Gasteiger partial charge in [0.25, 0.3) is 0 Å². The van der Waals surface area contributed by atoms with Crippen LogP contribution in [0.25, 0.3) is 0 Å². The molecule has 0 bridgehead atoms. The van der Waals surface area contributed by atoms with Crippen molar-refractivity contribution in [1.29, 1.82) is 0 Å². The summed E-state index contributed by atoms with van der Waals surface area (Å²) in [5.41, 5.74) is 10.7. The molecule has 0 aromatic carbocycles. The van der Waals surface area contributed by atoms with Crippen LogP contribution in [0.1, 0.15) is 31.9 Å². The summed E-state index contributed by atoms with van der Waals surface area (Å²) in [5, 5.41) is 4.33. The van der Waals surface area contributed by atoms with E-state index in [4.69, 9.17) is 11.5 Å². The number of amides is 1. The maximum atomic E-state index is 10.8. The Bertz CT molecular complexity index is 360. The highest BCUT2D eigenvalue weighted by Gasteiger charge is 2.12. The first-order valence-corrected chi connectivity index (χ1v) is 5.56. The third kappa shape index (κ3) is 3.03. The number of carbonyl (C=O) groups excluding carboxylic acids is 1. The number of aryl methyl sites for hydroxylation is 3. The Kier molecular flexibility index (Phi) is 4.42. The number of carbonyl (C=O) groups is 1. The van der Waals surface area contributed by atoms with E-state index in [1.54, 1.807) is 0 Å². The van der Waals surface area contributed by atoms with Gasteiger partial charge in [-0.25, -0.2) is 9.67 Å². The number of hydrogen-bond acceptors (Lipinski definition) is 4. The molecule has 1 atom stereocenters. The van der Waals surface area contributed by atoms with E-state index >= 15 is 0 Å². The van der Waals surface area contributed by atoms with Crippen molar-refractivity contribution in [3.05, 3.63) is 11.6 Å². The molecule has 90 valence electrons. The summed E-state index contributed by atoms with van der Waals surface area (Å²) in [6, 6.07) is -0.612. The standard InChI is InChI=1S/C10H19N5O/c1-3-8-13-9(4-2)15(14-8)6-5-7(11)10(12)16/h7H,3-6,11H2,1-2H3,(H2,12,16). The Morgan fingerprint density at radius 3 is 2.62 bits per heavy atom. The largest absolute Gasteiger partial charge is 0.368 e. The predicted octanol–water partition coefficient (Wildman–Crippen LogP) is -0.394. The maximum Gasteiger partial charge on any atom is 0.234 e. The summed E-state index contributed by atoms with van der Waals surface area (Å²) in [6.07, 6.45) is 2.12. The van der Waals surface area contributed by atoms with Crippen molar-refractivity contribution in [2.75, 3.05) is 0 Å². The summed E-state index contributed by atoms with van der Waals surface area (Å²) in [5.74, 6) is 1.27. The molecule has 0 aliphatic heterocycles. The molecule has 1 aromatic heterocycles. The predicted molar refractivity (Wildman–Crippen MR) is 60.6 cm³/mol. The van der Waals surface area contributed by atoms with Crippen molar-refractivity contribution in [2.45, 2.75) is 45.7 Å². The van der Waals surface area contributed by atoms with Gasteiger partial charge in [-0.3, -0.25) is 4.79 Å². The molecule has 0 fully saturated rings.